The Morgan fingerprint density at radius 3 is 2.57 bits per heavy atom. The highest BCUT2D eigenvalue weighted by molar-refractivity contribution is 7.99. The normalized spacial score (nSPS) is 15.7. The monoisotopic (exact) mass is 545 g/mol. The predicted molar refractivity (Wildman–Crippen MR) is 144 cm³/mol. The quantitative estimate of drug-likeness (QED) is 0.333. The number of fused-ring (bicyclic) bond motifs is 1. The summed E-state index contributed by atoms with van der Waals surface area (Å²) in [7, 11) is 0.745. The Balaban J connectivity index is 1.42. The smallest absolute Gasteiger partial charge is 0.297 e. The molecule has 0 fully saturated rings. The number of methoxy groups -OCH3 is 2. The first kappa shape index (κ1) is 27.1. The number of furan rings is 1. The number of carbonyl (C=O) groups is 1. The van der Waals surface area contributed by atoms with E-state index >= 15 is 0 Å². The van der Waals surface area contributed by atoms with Crippen molar-refractivity contribution in [2.24, 2.45) is 0 Å². The molecule has 2 heterocycles. The Bertz CT molecular complexity index is 1280. The molecular weight excluding hydrogens is 514 g/mol. The average molecular weight is 546 g/mol. The lowest BCUT2D eigenvalue weighted by molar-refractivity contribution is -0.123. The third-order valence-electron chi connectivity index (χ3n) is 6.19. The summed E-state index contributed by atoms with van der Waals surface area (Å²) in [6.45, 7) is 0.344. The SMILES string of the molecule is COC(OC)C(CNC(=O)C1Cc2cccc(N(C)S(=O)(=O)c3ccco3)c2N1)SCc1ccccc1. The Morgan fingerprint density at radius 2 is 1.89 bits per heavy atom. The second-order valence-electron chi connectivity index (χ2n) is 8.54. The molecular formula is C26H31N3O6S2. The van der Waals surface area contributed by atoms with Gasteiger partial charge in [0.05, 0.1) is 22.9 Å². The van der Waals surface area contributed by atoms with Crippen molar-refractivity contribution in [3.8, 4) is 0 Å². The average Bonchev–Trinajstić information content (AvgIpc) is 3.61. The maximum absolute atomic E-state index is 13.1. The summed E-state index contributed by atoms with van der Waals surface area (Å²) < 4.78 is 43.2. The molecule has 2 N–H and O–H groups in total. The van der Waals surface area contributed by atoms with Gasteiger partial charge in [0.15, 0.2) is 6.29 Å². The maximum atomic E-state index is 13.1. The van der Waals surface area contributed by atoms with E-state index < -0.39 is 22.4 Å². The molecule has 37 heavy (non-hydrogen) atoms. The number of thioether (sulfide) groups is 1. The highest BCUT2D eigenvalue weighted by atomic mass is 32.2. The van der Waals surface area contributed by atoms with Crippen molar-refractivity contribution < 1.29 is 27.1 Å². The lowest BCUT2D eigenvalue weighted by atomic mass is 10.1. The molecule has 9 nitrogen and oxygen atoms in total. The molecule has 3 aromatic rings. The van der Waals surface area contributed by atoms with Crippen LogP contribution < -0.4 is 14.9 Å². The Kier molecular flexibility index (Phi) is 8.80. The minimum Gasteiger partial charge on any atom is -0.451 e. The van der Waals surface area contributed by atoms with Crippen LogP contribution in [0.1, 0.15) is 11.1 Å². The van der Waals surface area contributed by atoms with E-state index in [1.807, 2.05) is 24.3 Å². The van der Waals surface area contributed by atoms with Crippen molar-refractivity contribution >= 4 is 39.1 Å². The summed E-state index contributed by atoms with van der Waals surface area (Å²) in [6, 6.07) is 17.8. The highest BCUT2D eigenvalue weighted by Gasteiger charge is 2.33. The lowest BCUT2D eigenvalue weighted by Gasteiger charge is -2.25. The molecule has 11 heteroatoms. The maximum Gasteiger partial charge on any atom is 0.297 e. The number of benzene rings is 2. The molecule has 0 bridgehead atoms. The minimum atomic E-state index is -3.88. The number of para-hydroxylation sites is 1. The Morgan fingerprint density at radius 1 is 1.14 bits per heavy atom. The topological polar surface area (TPSA) is 110 Å². The molecule has 1 aliphatic rings. The van der Waals surface area contributed by atoms with Gasteiger partial charge in [0.1, 0.15) is 6.04 Å². The van der Waals surface area contributed by atoms with Crippen LogP contribution in [0.15, 0.2) is 76.4 Å². The Labute approximate surface area is 221 Å². The molecule has 1 amide bonds. The van der Waals surface area contributed by atoms with Crippen molar-refractivity contribution in [2.75, 3.05) is 37.4 Å². The second kappa shape index (κ2) is 12.0. The van der Waals surface area contributed by atoms with Crippen molar-refractivity contribution in [3.05, 3.63) is 78.1 Å². The number of amides is 1. The van der Waals surface area contributed by atoms with E-state index in [0.717, 1.165) is 15.6 Å². The summed E-state index contributed by atoms with van der Waals surface area (Å²) in [5.41, 5.74) is 3.09. The van der Waals surface area contributed by atoms with Crippen LogP contribution in [0.5, 0.6) is 0 Å². The van der Waals surface area contributed by atoms with E-state index in [1.54, 1.807) is 38.1 Å². The molecule has 0 saturated carbocycles. The number of sulfonamides is 1. The fraction of sp³-hybridized carbons (Fsp3) is 0.346. The van der Waals surface area contributed by atoms with Crippen LogP contribution in [-0.2, 0) is 36.5 Å². The van der Waals surface area contributed by atoms with Crippen LogP contribution in [0.3, 0.4) is 0 Å². The molecule has 4 rings (SSSR count). The molecule has 0 radical (unpaired) electrons. The number of nitrogens with zero attached hydrogens (tertiary/aromatic N) is 1. The second-order valence-corrected chi connectivity index (χ2v) is 11.7. The molecule has 0 aliphatic carbocycles. The van der Waals surface area contributed by atoms with Gasteiger partial charge < -0.3 is 24.5 Å². The number of carbonyl (C=O) groups excluding carboxylic acids is 1. The summed E-state index contributed by atoms with van der Waals surface area (Å²) >= 11 is 1.64. The fourth-order valence-electron chi connectivity index (χ4n) is 4.20. The number of hydrogen-bond donors (Lipinski definition) is 2. The van der Waals surface area contributed by atoms with Gasteiger partial charge >= 0.3 is 0 Å². The number of hydrogen-bond acceptors (Lipinski definition) is 8. The van der Waals surface area contributed by atoms with Gasteiger partial charge in [-0.05, 0) is 29.3 Å². The molecule has 1 aliphatic heterocycles. The molecule has 2 unspecified atom stereocenters. The summed E-state index contributed by atoms with van der Waals surface area (Å²) in [5, 5.41) is 5.95. The van der Waals surface area contributed by atoms with Crippen molar-refractivity contribution in [3.63, 3.8) is 0 Å². The van der Waals surface area contributed by atoms with Crippen molar-refractivity contribution in [1.29, 1.82) is 0 Å². The number of nitrogens with one attached hydrogen (secondary N) is 2. The largest absolute Gasteiger partial charge is 0.451 e. The zero-order valence-electron chi connectivity index (χ0n) is 20.9. The first-order chi connectivity index (χ1) is 17.8. The predicted octanol–water partition coefficient (Wildman–Crippen LogP) is 3.48. The molecule has 198 valence electrons. The standard InChI is InChI=1S/C26H31N3O6S2/c1-29(37(31,32)23-13-8-14-35-23)21-12-7-11-19-15-20(28-24(19)21)25(30)27-16-22(26(33-2)34-3)36-17-18-9-5-4-6-10-18/h4-14,20,22,26,28H,15-17H2,1-3H3,(H,27,30). The fourth-order valence-corrected chi connectivity index (χ4v) is 6.49. The highest BCUT2D eigenvalue weighted by Crippen LogP contribution is 2.37. The Hall–Kier alpha value is -2.99. The van der Waals surface area contributed by atoms with Crippen LogP contribution in [-0.4, -0.2) is 59.7 Å². The first-order valence-corrected chi connectivity index (χ1v) is 14.2. The van der Waals surface area contributed by atoms with Gasteiger partial charge in [0.25, 0.3) is 10.0 Å². The van der Waals surface area contributed by atoms with Gasteiger partial charge in [0.2, 0.25) is 11.0 Å². The molecule has 2 atom stereocenters. The minimum absolute atomic E-state index is 0.136. The van der Waals surface area contributed by atoms with E-state index in [-0.39, 0.29) is 16.2 Å². The van der Waals surface area contributed by atoms with E-state index in [9.17, 15) is 13.2 Å². The molecule has 0 saturated heterocycles. The van der Waals surface area contributed by atoms with Gasteiger partial charge in [-0.3, -0.25) is 9.10 Å². The van der Waals surface area contributed by atoms with Crippen LogP contribution in [0, 0.1) is 0 Å². The molecule has 0 spiro atoms. The third-order valence-corrected chi connectivity index (χ3v) is 9.17. The van der Waals surface area contributed by atoms with Gasteiger partial charge in [0, 0.05) is 40.0 Å². The van der Waals surface area contributed by atoms with Gasteiger partial charge in [-0.15, -0.1) is 11.8 Å². The van der Waals surface area contributed by atoms with Crippen LogP contribution >= 0.6 is 11.8 Å². The van der Waals surface area contributed by atoms with Gasteiger partial charge in [-0.25, -0.2) is 0 Å². The zero-order chi connectivity index (χ0) is 26.4. The summed E-state index contributed by atoms with van der Waals surface area (Å²) in [6.07, 6.45) is 1.26. The van der Waals surface area contributed by atoms with E-state index in [2.05, 4.69) is 22.8 Å². The first-order valence-electron chi connectivity index (χ1n) is 11.7. The van der Waals surface area contributed by atoms with Gasteiger partial charge in [-0.2, -0.15) is 8.42 Å². The zero-order valence-corrected chi connectivity index (χ0v) is 22.6. The molecule has 1 aromatic heterocycles. The van der Waals surface area contributed by atoms with E-state index in [1.165, 1.54) is 31.0 Å². The van der Waals surface area contributed by atoms with Crippen LogP contribution in [0.2, 0.25) is 0 Å². The van der Waals surface area contributed by atoms with Crippen LogP contribution in [0.4, 0.5) is 11.4 Å². The van der Waals surface area contributed by atoms with Crippen molar-refractivity contribution in [1.82, 2.24) is 5.32 Å². The third kappa shape index (κ3) is 6.12. The van der Waals surface area contributed by atoms with Crippen LogP contribution in [0.25, 0.3) is 0 Å². The molecule has 2 aromatic carbocycles. The van der Waals surface area contributed by atoms with Crippen molar-refractivity contribution in [2.45, 2.75) is 34.8 Å². The van der Waals surface area contributed by atoms with E-state index in [0.29, 0.717) is 24.3 Å². The summed E-state index contributed by atoms with van der Waals surface area (Å²) in [5.74, 6) is 0.562. The summed E-state index contributed by atoms with van der Waals surface area (Å²) in [4.78, 5) is 13.1. The number of ether oxygens (including phenoxy) is 2. The number of rotatable bonds is 12. The van der Waals surface area contributed by atoms with Gasteiger partial charge in [-0.1, -0.05) is 42.5 Å². The lowest BCUT2D eigenvalue weighted by Crippen LogP contribution is -2.44. The number of anilines is 2. The van der Waals surface area contributed by atoms with E-state index in [4.69, 9.17) is 13.9 Å².